The van der Waals surface area contributed by atoms with Crippen molar-refractivity contribution < 1.29 is 4.79 Å². The molecule has 1 N–H and O–H groups in total. The van der Waals surface area contributed by atoms with Crippen molar-refractivity contribution in [1.29, 1.82) is 0 Å². The minimum atomic E-state index is -0.126. The fourth-order valence-corrected chi connectivity index (χ4v) is 4.80. The summed E-state index contributed by atoms with van der Waals surface area (Å²) in [5.41, 5.74) is 4.06. The van der Waals surface area contributed by atoms with E-state index < -0.39 is 0 Å². The Morgan fingerprint density at radius 3 is 2.65 bits per heavy atom. The Morgan fingerprint density at radius 1 is 1.13 bits per heavy atom. The highest BCUT2D eigenvalue weighted by Gasteiger charge is 2.27. The summed E-state index contributed by atoms with van der Waals surface area (Å²) in [4.78, 5) is 17.5. The Hall–Kier alpha value is -2.25. The number of benzene rings is 1. The van der Waals surface area contributed by atoms with Crippen molar-refractivity contribution in [1.82, 2.24) is 29.9 Å². The summed E-state index contributed by atoms with van der Waals surface area (Å²) in [5, 5.41) is 12.1. The molecule has 1 amide bonds. The van der Waals surface area contributed by atoms with Crippen LogP contribution in [0.15, 0.2) is 18.2 Å². The average Bonchev–Trinajstić information content (AvgIpc) is 3.05. The summed E-state index contributed by atoms with van der Waals surface area (Å²) < 4.78 is 2.22. The van der Waals surface area contributed by atoms with Gasteiger partial charge in [0, 0.05) is 38.5 Å². The average molecular weight is 425 g/mol. The second-order valence-electron chi connectivity index (χ2n) is 9.39. The summed E-state index contributed by atoms with van der Waals surface area (Å²) >= 11 is 0. The zero-order valence-electron chi connectivity index (χ0n) is 19.4. The lowest BCUT2D eigenvalue weighted by Crippen LogP contribution is -2.40. The van der Waals surface area contributed by atoms with Crippen LogP contribution >= 0.6 is 0 Å². The quantitative estimate of drug-likeness (QED) is 0.799. The largest absolute Gasteiger partial charge is 0.346 e. The van der Waals surface area contributed by atoms with Crippen LogP contribution in [0.5, 0.6) is 0 Å². The van der Waals surface area contributed by atoms with E-state index in [-0.39, 0.29) is 17.9 Å². The molecule has 0 radical (unpaired) electrons. The van der Waals surface area contributed by atoms with E-state index in [0.717, 1.165) is 70.2 Å². The van der Waals surface area contributed by atoms with Gasteiger partial charge in [-0.05, 0) is 64.9 Å². The van der Waals surface area contributed by atoms with E-state index in [1.165, 1.54) is 16.7 Å². The zero-order valence-corrected chi connectivity index (χ0v) is 19.4. The number of nitrogens with one attached hydrogen (secondary N) is 1. The molecule has 0 unspecified atom stereocenters. The molecule has 0 spiro atoms. The third-order valence-electron chi connectivity index (χ3n) is 6.87. The molecule has 0 saturated carbocycles. The van der Waals surface area contributed by atoms with Crippen molar-refractivity contribution in [3.05, 3.63) is 46.5 Å². The van der Waals surface area contributed by atoms with Crippen molar-refractivity contribution in [2.45, 2.75) is 59.2 Å². The number of likely N-dealkylation sites (tertiary alicyclic amines) is 1. The molecule has 1 saturated heterocycles. The maximum atomic E-state index is 12.8. The van der Waals surface area contributed by atoms with Crippen LogP contribution in [0.25, 0.3) is 0 Å². The number of carbonyl (C=O) groups is 1. The maximum Gasteiger partial charge on any atom is 0.223 e. The van der Waals surface area contributed by atoms with Crippen LogP contribution in [0.2, 0.25) is 0 Å². The number of rotatable bonds is 5. The summed E-state index contributed by atoms with van der Waals surface area (Å²) in [6, 6.07) is 6.58. The highest BCUT2D eigenvalue weighted by molar-refractivity contribution is 5.79. The third kappa shape index (κ3) is 5.15. The molecule has 2 aromatic rings. The molecule has 2 aliphatic heterocycles. The van der Waals surface area contributed by atoms with Crippen LogP contribution in [0, 0.1) is 19.8 Å². The fraction of sp³-hybridized carbons (Fsp3) is 0.625. The number of aryl methyl sites for hydroxylation is 2. The van der Waals surface area contributed by atoms with Gasteiger partial charge in [0.05, 0.1) is 6.04 Å². The number of amides is 1. The first-order chi connectivity index (χ1) is 14.9. The standard InChI is InChI=1S/C24H36N6O/c1-17-5-6-21(18(2)15-17)16-29-12-9-22-26-27-23(30(22)14-13-29)19(3)25-24(31)20-7-10-28(4)11-8-20/h5-6,15,19-20H,7-14,16H2,1-4H3,(H,25,31)/t19-/m1/s1. The SMILES string of the molecule is Cc1ccc(CN2CCc3nnc([C@@H](C)NC(=O)C4CCN(C)CC4)n3CC2)c(C)c1. The van der Waals surface area contributed by atoms with E-state index in [1.54, 1.807) is 0 Å². The normalized spacial score (nSPS) is 19.6. The fourth-order valence-electron chi connectivity index (χ4n) is 4.80. The first-order valence-electron chi connectivity index (χ1n) is 11.6. The number of hydrogen-bond acceptors (Lipinski definition) is 5. The molecule has 2 aliphatic rings. The van der Waals surface area contributed by atoms with Crippen molar-refractivity contribution >= 4 is 5.91 Å². The molecule has 0 aliphatic carbocycles. The van der Waals surface area contributed by atoms with Gasteiger partial charge >= 0.3 is 0 Å². The second kappa shape index (κ2) is 9.49. The van der Waals surface area contributed by atoms with Gasteiger partial charge in [0.25, 0.3) is 0 Å². The summed E-state index contributed by atoms with van der Waals surface area (Å²) in [5.74, 6) is 2.17. The lowest BCUT2D eigenvalue weighted by atomic mass is 9.96. The summed E-state index contributed by atoms with van der Waals surface area (Å²) in [6.45, 7) is 12.1. The van der Waals surface area contributed by atoms with Gasteiger partial charge in [0.15, 0.2) is 5.82 Å². The highest BCUT2D eigenvalue weighted by Crippen LogP contribution is 2.21. The zero-order chi connectivity index (χ0) is 22.0. The van der Waals surface area contributed by atoms with Crippen LogP contribution in [0.1, 0.15) is 54.1 Å². The number of hydrogen-bond donors (Lipinski definition) is 1. The number of nitrogens with zero attached hydrogens (tertiary/aromatic N) is 5. The Bertz CT molecular complexity index is 915. The third-order valence-corrected chi connectivity index (χ3v) is 6.87. The van der Waals surface area contributed by atoms with E-state index in [9.17, 15) is 4.79 Å². The molecular weight excluding hydrogens is 388 g/mol. The first-order valence-corrected chi connectivity index (χ1v) is 11.6. The molecule has 168 valence electrons. The molecule has 0 bridgehead atoms. The number of carbonyl (C=O) groups excluding carboxylic acids is 1. The van der Waals surface area contributed by atoms with Gasteiger partial charge in [-0.25, -0.2) is 0 Å². The highest BCUT2D eigenvalue weighted by atomic mass is 16.2. The molecule has 4 rings (SSSR count). The Morgan fingerprint density at radius 2 is 1.90 bits per heavy atom. The molecule has 31 heavy (non-hydrogen) atoms. The van der Waals surface area contributed by atoms with Crippen molar-refractivity contribution in [2.24, 2.45) is 5.92 Å². The van der Waals surface area contributed by atoms with E-state index >= 15 is 0 Å². The molecule has 7 nitrogen and oxygen atoms in total. The van der Waals surface area contributed by atoms with Gasteiger partial charge in [-0.1, -0.05) is 23.8 Å². The monoisotopic (exact) mass is 424 g/mol. The minimum absolute atomic E-state index is 0.110. The molecule has 1 aromatic carbocycles. The number of fused-ring (bicyclic) bond motifs is 1. The Kier molecular flexibility index (Phi) is 6.72. The topological polar surface area (TPSA) is 66.3 Å². The van der Waals surface area contributed by atoms with Crippen LogP contribution in [0.4, 0.5) is 0 Å². The van der Waals surface area contributed by atoms with E-state index in [1.807, 2.05) is 6.92 Å². The van der Waals surface area contributed by atoms with Gasteiger partial charge in [-0.3, -0.25) is 9.69 Å². The Labute approximate surface area is 185 Å². The lowest BCUT2D eigenvalue weighted by molar-refractivity contribution is -0.127. The van der Waals surface area contributed by atoms with Crippen LogP contribution in [0.3, 0.4) is 0 Å². The van der Waals surface area contributed by atoms with Gasteiger partial charge in [0.2, 0.25) is 5.91 Å². The van der Waals surface area contributed by atoms with Crippen LogP contribution in [-0.4, -0.2) is 63.7 Å². The smallest absolute Gasteiger partial charge is 0.223 e. The molecule has 3 heterocycles. The van der Waals surface area contributed by atoms with Crippen molar-refractivity contribution in [2.75, 3.05) is 33.2 Å². The second-order valence-corrected chi connectivity index (χ2v) is 9.39. The van der Waals surface area contributed by atoms with Gasteiger partial charge in [-0.15, -0.1) is 10.2 Å². The molecule has 1 atom stereocenters. The minimum Gasteiger partial charge on any atom is -0.346 e. The number of aromatic nitrogens is 3. The number of piperidine rings is 1. The Balaban J connectivity index is 1.37. The molecular formula is C24H36N6O. The lowest BCUT2D eigenvalue weighted by Gasteiger charge is -2.29. The predicted molar refractivity (Wildman–Crippen MR) is 122 cm³/mol. The summed E-state index contributed by atoms with van der Waals surface area (Å²) in [6.07, 6.45) is 2.74. The van der Waals surface area contributed by atoms with E-state index in [0.29, 0.717) is 0 Å². The summed E-state index contributed by atoms with van der Waals surface area (Å²) in [7, 11) is 2.12. The molecule has 7 heteroatoms. The first kappa shape index (κ1) is 22.0. The van der Waals surface area contributed by atoms with Gasteiger partial charge in [0.1, 0.15) is 5.82 Å². The molecule has 1 fully saturated rings. The van der Waals surface area contributed by atoms with Crippen molar-refractivity contribution in [3.8, 4) is 0 Å². The predicted octanol–water partition coefficient (Wildman–Crippen LogP) is 2.47. The van der Waals surface area contributed by atoms with E-state index in [2.05, 4.69) is 69.0 Å². The van der Waals surface area contributed by atoms with Crippen LogP contribution < -0.4 is 5.32 Å². The van der Waals surface area contributed by atoms with Gasteiger partial charge < -0.3 is 14.8 Å². The molecule has 1 aromatic heterocycles. The van der Waals surface area contributed by atoms with Gasteiger partial charge in [-0.2, -0.15) is 0 Å². The van der Waals surface area contributed by atoms with Crippen LogP contribution in [-0.2, 0) is 24.3 Å². The van der Waals surface area contributed by atoms with E-state index in [4.69, 9.17) is 0 Å². The van der Waals surface area contributed by atoms with Crippen molar-refractivity contribution in [3.63, 3.8) is 0 Å². The maximum absolute atomic E-state index is 12.8.